The van der Waals surface area contributed by atoms with Crippen LogP contribution >= 0.6 is 11.3 Å². The maximum absolute atomic E-state index is 12.5. The molecule has 3 atom stereocenters. The van der Waals surface area contributed by atoms with Crippen molar-refractivity contribution >= 4 is 17.2 Å². The lowest BCUT2D eigenvalue weighted by atomic mass is 9.82. The Bertz CT molecular complexity index is 482. The van der Waals surface area contributed by atoms with Crippen LogP contribution in [0.5, 0.6) is 0 Å². The fraction of sp³-hybridized carbons (Fsp3) is 0.733. The van der Waals surface area contributed by atoms with Crippen LogP contribution in [0.4, 0.5) is 0 Å². The van der Waals surface area contributed by atoms with Crippen molar-refractivity contribution in [3.05, 3.63) is 16.6 Å². The number of fused-ring (bicyclic) bond motifs is 1. The molecule has 1 N–H and O–H groups in total. The normalized spacial score (nSPS) is 28.5. The van der Waals surface area contributed by atoms with E-state index in [4.69, 9.17) is 9.47 Å². The number of amides is 1. The Morgan fingerprint density at radius 1 is 1.59 bits per heavy atom. The minimum Gasteiger partial charge on any atom is -0.383 e. The molecule has 3 heterocycles. The number of piperidine rings is 1. The van der Waals surface area contributed by atoms with Crippen LogP contribution in [0, 0.1) is 11.8 Å². The molecule has 3 rings (SSSR count). The number of nitrogens with one attached hydrogen (secondary N) is 1. The molecule has 2 fully saturated rings. The Kier molecular flexibility index (Phi) is 5.41. The summed E-state index contributed by atoms with van der Waals surface area (Å²) in [6, 6.07) is 0. The molecule has 0 unspecified atom stereocenters. The van der Waals surface area contributed by atoms with Crippen LogP contribution in [0.3, 0.4) is 0 Å². The lowest BCUT2D eigenvalue weighted by Gasteiger charge is -2.38. The van der Waals surface area contributed by atoms with E-state index >= 15 is 0 Å². The zero-order valence-electron chi connectivity index (χ0n) is 12.9. The van der Waals surface area contributed by atoms with E-state index in [0.29, 0.717) is 19.1 Å². The van der Waals surface area contributed by atoms with Gasteiger partial charge in [-0.15, -0.1) is 11.3 Å². The number of thiazole rings is 1. The average Bonchev–Trinajstić information content (AvgIpc) is 3.17. The van der Waals surface area contributed by atoms with Crippen molar-refractivity contribution in [3.8, 4) is 0 Å². The number of aromatic nitrogens is 1. The zero-order chi connectivity index (χ0) is 15.4. The molecule has 0 saturated carbocycles. The van der Waals surface area contributed by atoms with Crippen LogP contribution < -0.4 is 5.32 Å². The van der Waals surface area contributed by atoms with Gasteiger partial charge in [0.15, 0.2) is 0 Å². The highest BCUT2D eigenvalue weighted by Crippen LogP contribution is 2.34. The smallest absolute Gasteiger partial charge is 0.224 e. The van der Waals surface area contributed by atoms with Gasteiger partial charge in [-0.3, -0.25) is 9.69 Å². The second-order valence-electron chi connectivity index (χ2n) is 5.87. The third-order valence-electron chi connectivity index (χ3n) is 4.46. The van der Waals surface area contributed by atoms with Gasteiger partial charge in [-0.2, -0.15) is 0 Å². The highest BCUT2D eigenvalue weighted by atomic mass is 32.1. The topological polar surface area (TPSA) is 63.7 Å². The number of rotatable bonds is 6. The van der Waals surface area contributed by atoms with Gasteiger partial charge < -0.3 is 14.8 Å². The molecule has 0 aromatic carbocycles. The first-order valence-corrected chi connectivity index (χ1v) is 8.65. The van der Waals surface area contributed by atoms with Crippen molar-refractivity contribution in [2.45, 2.75) is 19.1 Å². The molecule has 122 valence electrons. The molecule has 1 aromatic heterocycles. The molecular weight excluding hydrogens is 302 g/mol. The number of hydrogen-bond acceptors (Lipinski definition) is 6. The molecule has 6 nitrogen and oxygen atoms in total. The molecule has 1 aromatic rings. The number of nitrogens with zero attached hydrogens (tertiary/aromatic N) is 2. The van der Waals surface area contributed by atoms with Crippen molar-refractivity contribution in [1.82, 2.24) is 15.2 Å². The first-order valence-electron chi connectivity index (χ1n) is 7.77. The minimum absolute atomic E-state index is 0.00179. The molecular formula is C15H23N3O3S. The first kappa shape index (κ1) is 15.9. The number of hydrogen-bond donors (Lipinski definition) is 1. The summed E-state index contributed by atoms with van der Waals surface area (Å²) in [6.07, 6.45) is 2.98. The van der Waals surface area contributed by atoms with Gasteiger partial charge in [0.2, 0.25) is 5.91 Å². The molecule has 0 spiro atoms. The van der Waals surface area contributed by atoms with E-state index < -0.39 is 0 Å². The number of ether oxygens (including phenoxy) is 2. The molecule has 1 amide bonds. The predicted molar refractivity (Wildman–Crippen MR) is 83.6 cm³/mol. The van der Waals surface area contributed by atoms with E-state index in [2.05, 4.69) is 15.2 Å². The lowest BCUT2D eigenvalue weighted by molar-refractivity contribution is -0.131. The van der Waals surface area contributed by atoms with Gasteiger partial charge in [0.05, 0.1) is 25.2 Å². The first-order chi connectivity index (χ1) is 10.8. The van der Waals surface area contributed by atoms with E-state index in [1.54, 1.807) is 18.4 Å². The molecule has 2 aliphatic heterocycles. The van der Waals surface area contributed by atoms with Crippen LogP contribution in [-0.2, 0) is 20.8 Å². The maximum atomic E-state index is 12.5. The Hall–Kier alpha value is -1.02. The van der Waals surface area contributed by atoms with Gasteiger partial charge in [0.25, 0.3) is 0 Å². The number of carbonyl (C=O) groups is 1. The summed E-state index contributed by atoms with van der Waals surface area (Å²) in [5, 5.41) is 6.07. The van der Waals surface area contributed by atoms with E-state index in [1.165, 1.54) is 0 Å². The largest absolute Gasteiger partial charge is 0.383 e. The summed E-state index contributed by atoms with van der Waals surface area (Å²) in [4.78, 5) is 19.1. The van der Waals surface area contributed by atoms with Crippen molar-refractivity contribution < 1.29 is 14.3 Å². The van der Waals surface area contributed by atoms with Crippen molar-refractivity contribution in [1.29, 1.82) is 0 Å². The molecule has 2 saturated heterocycles. The molecule has 0 bridgehead atoms. The molecule has 2 aliphatic rings. The third-order valence-corrected chi connectivity index (χ3v) is 5.22. The van der Waals surface area contributed by atoms with E-state index in [9.17, 15) is 4.79 Å². The van der Waals surface area contributed by atoms with E-state index in [0.717, 1.165) is 37.7 Å². The minimum atomic E-state index is -0.00179. The van der Waals surface area contributed by atoms with Crippen LogP contribution in [0.15, 0.2) is 11.6 Å². The highest BCUT2D eigenvalue weighted by Gasteiger charge is 2.43. The summed E-state index contributed by atoms with van der Waals surface area (Å²) in [5.74, 6) is 0.467. The predicted octanol–water partition coefficient (Wildman–Crippen LogP) is 0.743. The fourth-order valence-electron chi connectivity index (χ4n) is 3.39. The van der Waals surface area contributed by atoms with Crippen molar-refractivity contribution in [3.63, 3.8) is 0 Å². The van der Waals surface area contributed by atoms with E-state index in [-0.39, 0.29) is 17.9 Å². The van der Waals surface area contributed by atoms with E-state index in [1.807, 2.05) is 11.6 Å². The van der Waals surface area contributed by atoms with Gasteiger partial charge in [-0.25, -0.2) is 4.98 Å². The summed E-state index contributed by atoms with van der Waals surface area (Å²) in [7, 11) is 1.64. The SMILES string of the molecule is COCCNC(=O)[C@H]1CN(Cc2nccs2)C[C@H]2OCC[C@@H]12. The van der Waals surface area contributed by atoms with Crippen LogP contribution in [0.25, 0.3) is 0 Å². The van der Waals surface area contributed by atoms with Gasteiger partial charge in [-0.05, 0) is 6.42 Å². The van der Waals surface area contributed by atoms with Gasteiger partial charge >= 0.3 is 0 Å². The van der Waals surface area contributed by atoms with Gasteiger partial charge in [-0.1, -0.05) is 0 Å². The Labute approximate surface area is 134 Å². The maximum Gasteiger partial charge on any atom is 0.224 e. The summed E-state index contributed by atoms with van der Waals surface area (Å²) < 4.78 is 10.8. The standard InChI is InChI=1S/C15H23N3O3S/c1-20-6-3-17-15(19)12-8-18(10-14-16-4-7-22-14)9-13-11(12)2-5-21-13/h4,7,11-13H,2-3,5-6,8-10H2,1H3,(H,17,19)/t11-,12-,13+/m0/s1. The fourth-order valence-corrected chi connectivity index (χ4v) is 4.05. The number of likely N-dealkylation sites (tertiary alicyclic amines) is 1. The van der Waals surface area contributed by atoms with Crippen LogP contribution in [0.2, 0.25) is 0 Å². The molecule has 7 heteroatoms. The quantitative estimate of drug-likeness (QED) is 0.782. The number of carbonyl (C=O) groups excluding carboxylic acids is 1. The highest BCUT2D eigenvalue weighted by molar-refractivity contribution is 7.09. The monoisotopic (exact) mass is 325 g/mol. The molecule has 0 aliphatic carbocycles. The summed E-state index contributed by atoms with van der Waals surface area (Å²) in [5.41, 5.74) is 0. The van der Waals surface area contributed by atoms with Crippen LogP contribution in [-0.4, -0.2) is 61.9 Å². The zero-order valence-corrected chi connectivity index (χ0v) is 13.7. The molecule has 0 radical (unpaired) electrons. The summed E-state index contributed by atoms with van der Waals surface area (Å²) in [6.45, 7) is 4.35. The van der Waals surface area contributed by atoms with Gasteiger partial charge in [0.1, 0.15) is 5.01 Å². The van der Waals surface area contributed by atoms with Crippen LogP contribution in [0.1, 0.15) is 11.4 Å². The lowest BCUT2D eigenvalue weighted by Crippen LogP contribution is -2.52. The average molecular weight is 325 g/mol. The molecule has 22 heavy (non-hydrogen) atoms. The number of methoxy groups -OCH3 is 1. The van der Waals surface area contributed by atoms with Gasteiger partial charge in [0, 0.05) is 50.8 Å². The van der Waals surface area contributed by atoms with Crippen molar-refractivity contribution in [2.24, 2.45) is 11.8 Å². The Morgan fingerprint density at radius 2 is 2.50 bits per heavy atom. The Balaban J connectivity index is 1.63. The summed E-state index contributed by atoms with van der Waals surface area (Å²) >= 11 is 1.66. The third kappa shape index (κ3) is 3.65. The van der Waals surface area contributed by atoms with Crippen molar-refractivity contribution in [2.75, 3.05) is 40.0 Å². The Morgan fingerprint density at radius 3 is 3.27 bits per heavy atom. The second kappa shape index (κ2) is 7.50. The second-order valence-corrected chi connectivity index (χ2v) is 6.85.